The number of nitrogens with zero attached hydrogens (tertiary/aromatic N) is 1. The highest BCUT2D eigenvalue weighted by Crippen LogP contribution is 2.37. The summed E-state index contributed by atoms with van der Waals surface area (Å²) in [5.41, 5.74) is 0.963. The molecule has 0 bridgehead atoms. The minimum atomic E-state index is -0.303. The number of hydrogen-bond acceptors (Lipinski definition) is 3. The molecule has 0 aromatic heterocycles. The molecule has 1 aliphatic carbocycles. The van der Waals surface area contributed by atoms with Crippen molar-refractivity contribution in [1.29, 1.82) is 0 Å². The molecule has 1 saturated heterocycles. The van der Waals surface area contributed by atoms with Crippen LogP contribution in [0.5, 0.6) is 0 Å². The monoisotopic (exact) mass is 392 g/mol. The smallest absolute Gasteiger partial charge is 0.240 e. The molecule has 3 rings (SSSR count). The van der Waals surface area contributed by atoms with E-state index in [1.807, 2.05) is 31.2 Å². The number of halogens is 1. The fourth-order valence-corrected chi connectivity index (χ4v) is 4.09. The van der Waals surface area contributed by atoms with E-state index >= 15 is 0 Å². The minimum absolute atomic E-state index is 0.171. The van der Waals surface area contributed by atoms with Gasteiger partial charge in [-0.3, -0.25) is 19.3 Å². The summed E-state index contributed by atoms with van der Waals surface area (Å²) in [4.78, 5) is 38.3. The lowest BCUT2D eigenvalue weighted by molar-refractivity contribution is -0.143. The van der Waals surface area contributed by atoms with Crippen molar-refractivity contribution in [1.82, 2.24) is 10.2 Å². The normalized spacial score (nSPS) is 24.7. The van der Waals surface area contributed by atoms with Crippen LogP contribution in [0, 0.1) is 11.8 Å². The highest BCUT2D eigenvalue weighted by atomic mass is 79.9. The zero-order valence-corrected chi connectivity index (χ0v) is 15.2. The highest BCUT2D eigenvalue weighted by molar-refractivity contribution is 9.10. The third kappa shape index (κ3) is 3.38. The molecule has 3 amide bonds. The van der Waals surface area contributed by atoms with E-state index in [1.165, 1.54) is 0 Å². The third-order valence-electron chi connectivity index (χ3n) is 4.96. The number of nitrogens with one attached hydrogen (secondary N) is 1. The second kappa shape index (κ2) is 7.05. The fraction of sp³-hybridized carbons (Fsp3) is 0.500. The number of carbonyl (C=O) groups is 3. The first kappa shape index (κ1) is 17.1. The van der Waals surface area contributed by atoms with Gasteiger partial charge in [-0.1, -0.05) is 40.9 Å². The number of fused-ring (bicyclic) bond motifs is 1. The van der Waals surface area contributed by atoms with Crippen LogP contribution in [0.25, 0.3) is 0 Å². The maximum Gasteiger partial charge on any atom is 0.240 e. The Balaban J connectivity index is 1.62. The van der Waals surface area contributed by atoms with E-state index in [-0.39, 0.29) is 42.1 Å². The quantitative estimate of drug-likeness (QED) is 0.801. The molecule has 128 valence electrons. The molecule has 0 spiro atoms. The van der Waals surface area contributed by atoms with Crippen LogP contribution in [0.4, 0.5) is 0 Å². The van der Waals surface area contributed by atoms with Gasteiger partial charge in [0, 0.05) is 4.47 Å². The zero-order valence-electron chi connectivity index (χ0n) is 13.6. The van der Waals surface area contributed by atoms with Crippen molar-refractivity contribution < 1.29 is 14.4 Å². The van der Waals surface area contributed by atoms with Crippen LogP contribution in [0.1, 0.15) is 44.2 Å². The Bertz CT molecular complexity index is 652. The highest BCUT2D eigenvalue weighted by Gasteiger charge is 2.48. The van der Waals surface area contributed by atoms with Gasteiger partial charge in [-0.15, -0.1) is 0 Å². The maximum atomic E-state index is 12.4. The number of carbonyl (C=O) groups excluding carboxylic acids is 3. The second-order valence-corrected chi connectivity index (χ2v) is 7.52. The van der Waals surface area contributed by atoms with E-state index in [2.05, 4.69) is 21.2 Å². The van der Waals surface area contributed by atoms with Crippen molar-refractivity contribution in [3.63, 3.8) is 0 Å². The third-order valence-corrected chi connectivity index (χ3v) is 5.45. The summed E-state index contributed by atoms with van der Waals surface area (Å²) in [6, 6.07) is 7.49. The van der Waals surface area contributed by atoms with Gasteiger partial charge in [0.2, 0.25) is 17.7 Å². The Labute approximate surface area is 149 Å². The summed E-state index contributed by atoms with van der Waals surface area (Å²) < 4.78 is 0.940. The van der Waals surface area contributed by atoms with Gasteiger partial charge in [-0.05, 0) is 37.5 Å². The molecular formula is C18H21BrN2O3. The molecule has 24 heavy (non-hydrogen) atoms. The first-order chi connectivity index (χ1) is 11.5. The van der Waals surface area contributed by atoms with Crippen LogP contribution >= 0.6 is 15.9 Å². The van der Waals surface area contributed by atoms with E-state index in [0.29, 0.717) is 0 Å². The lowest BCUT2D eigenvalue weighted by Gasteiger charge is -2.19. The fourth-order valence-electron chi connectivity index (χ4n) is 3.68. The number of amides is 3. The van der Waals surface area contributed by atoms with Crippen LogP contribution < -0.4 is 5.32 Å². The molecular weight excluding hydrogens is 372 g/mol. The van der Waals surface area contributed by atoms with E-state index < -0.39 is 0 Å². The molecule has 6 heteroatoms. The van der Waals surface area contributed by atoms with Crippen molar-refractivity contribution in [3.8, 4) is 0 Å². The average Bonchev–Trinajstić information content (AvgIpc) is 2.80. The molecule has 1 aromatic carbocycles. The van der Waals surface area contributed by atoms with Gasteiger partial charge in [0.1, 0.15) is 6.54 Å². The van der Waals surface area contributed by atoms with Crippen molar-refractivity contribution in [2.24, 2.45) is 11.8 Å². The van der Waals surface area contributed by atoms with E-state index in [0.717, 1.165) is 40.6 Å². The molecule has 2 aliphatic rings. The average molecular weight is 393 g/mol. The number of hydrogen-bond donors (Lipinski definition) is 1. The first-order valence-corrected chi connectivity index (χ1v) is 9.16. The number of likely N-dealkylation sites (tertiary alicyclic amines) is 1. The summed E-state index contributed by atoms with van der Waals surface area (Å²) in [5.74, 6) is -1.06. The zero-order chi connectivity index (χ0) is 17.3. The Morgan fingerprint density at radius 3 is 2.46 bits per heavy atom. The lowest BCUT2D eigenvalue weighted by Crippen LogP contribution is -2.41. The van der Waals surface area contributed by atoms with Crippen molar-refractivity contribution >= 4 is 33.7 Å². The molecule has 1 saturated carbocycles. The van der Waals surface area contributed by atoms with Crippen molar-refractivity contribution in [2.45, 2.75) is 38.6 Å². The van der Waals surface area contributed by atoms with Crippen LogP contribution in [-0.4, -0.2) is 29.2 Å². The molecule has 3 atom stereocenters. The standard InChI is InChI=1S/C18H21BrN2O3/c1-11(12-5-4-6-13(19)9-12)20-16(22)10-21-17(23)14-7-2-3-8-15(14)18(21)24/h4-6,9,11,14-15H,2-3,7-8,10H2,1H3,(H,20,22)/t11-,14-,15-/m0/s1. The number of rotatable bonds is 4. The molecule has 1 N–H and O–H groups in total. The Morgan fingerprint density at radius 2 is 1.88 bits per heavy atom. The molecule has 1 aromatic rings. The molecule has 1 heterocycles. The van der Waals surface area contributed by atoms with Gasteiger partial charge in [0.25, 0.3) is 0 Å². The lowest BCUT2D eigenvalue weighted by atomic mass is 9.81. The number of imide groups is 1. The van der Waals surface area contributed by atoms with Gasteiger partial charge in [-0.2, -0.15) is 0 Å². The van der Waals surface area contributed by atoms with Gasteiger partial charge in [0.15, 0.2) is 0 Å². The predicted octanol–water partition coefficient (Wildman–Crippen LogP) is 2.80. The summed E-state index contributed by atoms with van der Waals surface area (Å²) >= 11 is 3.41. The van der Waals surface area contributed by atoms with Gasteiger partial charge >= 0.3 is 0 Å². The summed E-state index contributed by atoms with van der Waals surface area (Å²) in [6.45, 7) is 1.70. The SMILES string of the molecule is C[C@H](NC(=O)CN1C(=O)[C@H]2CCCC[C@@H]2C1=O)c1cccc(Br)c1. The summed E-state index contributed by atoms with van der Waals surface area (Å²) in [6.07, 6.45) is 3.50. The summed E-state index contributed by atoms with van der Waals surface area (Å²) in [7, 11) is 0. The van der Waals surface area contributed by atoms with E-state index in [4.69, 9.17) is 0 Å². The van der Waals surface area contributed by atoms with Crippen LogP contribution in [0.15, 0.2) is 28.7 Å². The largest absolute Gasteiger partial charge is 0.348 e. The Morgan fingerprint density at radius 1 is 1.25 bits per heavy atom. The van der Waals surface area contributed by atoms with Gasteiger partial charge in [-0.25, -0.2) is 0 Å². The van der Waals surface area contributed by atoms with Crippen LogP contribution in [-0.2, 0) is 14.4 Å². The topological polar surface area (TPSA) is 66.5 Å². The molecule has 1 aliphatic heterocycles. The number of benzene rings is 1. The van der Waals surface area contributed by atoms with Gasteiger partial charge in [0.05, 0.1) is 17.9 Å². The molecule has 2 fully saturated rings. The van der Waals surface area contributed by atoms with Gasteiger partial charge < -0.3 is 5.32 Å². The van der Waals surface area contributed by atoms with Crippen molar-refractivity contribution in [2.75, 3.05) is 6.54 Å². The maximum absolute atomic E-state index is 12.4. The Kier molecular flexibility index (Phi) is 5.04. The minimum Gasteiger partial charge on any atom is -0.348 e. The molecule has 0 unspecified atom stereocenters. The molecule has 0 radical (unpaired) electrons. The van der Waals surface area contributed by atoms with Crippen LogP contribution in [0.3, 0.4) is 0 Å². The van der Waals surface area contributed by atoms with Crippen molar-refractivity contribution in [3.05, 3.63) is 34.3 Å². The van der Waals surface area contributed by atoms with Crippen LogP contribution in [0.2, 0.25) is 0 Å². The second-order valence-electron chi connectivity index (χ2n) is 6.60. The van der Waals surface area contributed by atoms with E-state index in [9.17, 15) is 14.4 Å². The predicted molar refractivity (Wildman–Crippen MR) is 92.9 cm³/mol. The molecule has 5 nitrogen and oxygen atoms in total. The Hall–Kier alpha value is -1.69. The first-order valence-electron chi connectivity index (χ1n) is 8.37. The van der Waals surface area contributed by atoms with E-state index in [1.54, 1.807) is 0 Å². The summed E-state index contributed by atoms with van der Waals surface area (Å²) in [5, 5.41) is 2.87.